The Morgan fingerprint density at radius 3 is 2.46 bits per heavy atom. The SMILES string of the molecule is CC(C)(C)OC(=O)NC1CC(Nc2nc(OCC34CCCN3CCC4)nc3c(F)c(-c4cccc5cccc(F)c45)ncc23)C12CCC2. The molecule has 2 saturated carbocycles. The van der Waals surface area contributed by atoms with E-state index in [2.05, 4.69) is 25.5 Å². The summed E-state index contributed by atoms with van der Waals surface area (Å²) in [5.74, 6) is -0.659. The predicted molar refractivity (Wildman–Crippen MR) is 180 cm³/mol. The number of carbonyl (C=O) groups is 1. The van der Waals surface area contributed by atoms with Crippen LogP contribution < -0.4 is 15.4 Å². The highest BCUT2D eigenvalue weighted by Gasteiger charge is 2.59. The van der Waals surface area contributed by atoms with E-state index < -0.39 is 23.3 Å². The zero-order chi connectivity index (χ0) is 33.3. The lowest BCUT2D eigenvalue weighted by molar-refractivity contribution is -0.0382. The van der Waals surface area contributed by atoms with Crippen molar-refractivity contribution >= 4 is 33.6 Å². The second kappa shape index (κ2) is 11.5. The first-order valence-corrected chi connectivity index (χ1v) is 17.2. The Bertz CT molecular complexity index is 1890. The number of anilines is 1. The van der Waals surface area contributed by atoms with E-state index in [1.807, 2.05) is 20.8 Å². The quantitative estimate of drug-likeness (QED) is 0.213. The number of hydrogen-bond acceptors (Lipinski definition) is 8. The maximum absolute atomic E-state index is 16.7. The zero-order valence-electron chi connectivity index (χ0n) is 27.7. The largest absolute Gasteiger partial charge is 0.461 e. The second-order valence-electron chi connectivity index (χ2n) is 15.1. The second-order valence-corrected chi connectivity index (χ2v) is 15.1. The molecule has 4 aromatic rings. The molecule has 0 radical (unpaired) electrons. The maximum Gasteiger partial charge on any atom is 0.407 e. The molecule has 2 aromatic heterocycles. The number of benzene rings is 2. The van der Waals surface area contributed by atoms with E-state index in [0.717, 1.165) is 58.0 Å². The Hall–Kier alpha value is -4.12. The van der Waals surface area contributed by atoms with Gasteiger partial charge in [-0.3, -0.25) is 9.88 Å². The van der Waals surface area contributed by atoms with Gasteiger partial charge in [-0.15, -0.1) is 0 Å². The summed E-state index contributed by atoms with van der Waals surface area (Å²) in [4.78, 5) is 29.1. The molecular weight excluding hydrogens is 614 g/mol. The van der Waals surface area contributed by atoms with Crippen LogP contribution in [0.2, 0.25) is 0 Å². The van der Waals surface area contributed by atoms with Crippen molar-refractivity contribution in [2.75, 3.05) is 25.0 Å². The van der Waals surface area contributed by atoms with Crippen molar-refractivity contribution in [3.05, 3.63) is 54.2 Å². The van der Waals surface area contributed by atoms with Gasteiger partial charge in [0, 0.05) is 34.6 Å². The molecule has 4 heterocycles. The molecule has 2 aliphatic carbocycles. The molecule has 2 atom stereocenters. The third-order valence-corrected chi connectivity index (χ3v) is 11.2. The predicted octanol–water partition coefficient (Wildman–Crippen LogP) is 7.38. The van der Waals surface area contributed by atoms with Crippen molar-refractivity contribution in [3.63, 3.8) is 0 Å². The number of halogens is 2. The third kappa shape index (κ3) is 5.21. The van der Waals surface area contributed by atoms with Gasteiger partial charge >= 0.3 is 12.1 Å². The van der Waals surface area contributed by atoms with Crippen LogP contribution in [0.1, 0.15) is 72.1 Å². The van der Waals surface area contributed by atoms with Crippen LogP contribution in [0.4, 0.5) is 19.4 Å². The molecule has 8 rings (SSSR count). The van der Waals surface area contributed by atoms with Crippen molar-refractivity contribution in [1.29, 1.82) is 0 Å². The monoisotopic (exact) mass is 656 g/mol. The number of alkyl carbamates (subject to hydrolysis) is 1. The van der Waals surface area contributed by atoms with Crippen LogP contribution in [0.3, 0.4) is 0 Å². The van der Waals surface area contributed by atoms with Gasteiger partial charge in [-0.1, -0.05) is 36.8 Å². The van der Waals surface area contributed by atoms with E-state index in [9.17, 15) is 4.79 Å². The summed E-state index contributed by atoms with van der Waals surface area (Å²) in [6, 6.07) is 10.1. The summed E-state index contributed by atoms with van der Waals surface area (Å²) in [6.07, 6.45) is 9.12. The molecule has 2 N–H and O–H groups in total. The van der Waals surface area contributed by atoms with Crippen molar-refractivity contribution in [2.24, 2.45) is 5.41 Å². The van der Waals surface area contributed by atoms with E-state index in [-0.39, 0.29) is 40.3 Å². The Morgan fingerprint density at radius 2 is 1.75 bits per heavy atom. The van der Waals surface area contributed by atoms with Crippen LogP contribution in [0.5, 0.6) is 6.01 Å². The number of aromatic nitrogens is 3. The molecule has 2 unspecified atom stereocenters. The molecule has 4 fully saturated rings. The van der Waals surface area contributed by atoms with Crippen molar-refractivity contribution in [3.8, 4) is 17.3 Å². The van der Waals surface area contributed by atoms with Gasteiger partial charge in [0.15, 0.2) is 5.82 Å². The normalized spacial score (nSPS) is 22.7. The Kier molecular flexibility index (Phi) is 7.46. The molecule has 0 bridgehead atoms. The minimum absolute atomic E-state index is 0.00853. The van der Waals surface area contributed by atoms with Crippen LogP contribution in [-0.4, -0.2) is 68.9 Å². The van der Waals surface area contributed by atoms with Gasteiger partial charge in [0.05, 0.1) is 10.9 Å². The molecule has 4 aliphatic rings. The number of amides is 1. The van der Waals surface area contributed by atoms with Gasteiger partial charge in [-0.2, -0.15) is 9.97 Å². The highest BCUT2D eigenvalue weighted by atomic mass is 19.1. The van der Waals surface area contributed by atoms with Crippen LogP contribution in [0.25, 0.3) is 32.9 Å². The summed E-state index contributed by atoms with van der Waals surface area (Å²) in [7, 11) is 0. The topological polar surface area (TPSA) is 102 Å². The van der Waals surface area contributed by atoms with Gasteiger partial charge in [0.1, 0.15) is 35.1 Å². The van der Waals surface area contributed by atoms with Gasteiger partial charge in [-0.25, -0.2) is 13.6 Å². The number of nitrogens with one attached hydrogen (secondary N) is 2. The van der Waals surface area contributed by atoms with Gasteiger partial charge in [0.2, 0.25) is 0 Å². The molecule has 2 aliphatic heterocycles. The smallest absolute Gasteiger partial charge is 0.407 e. The van der Waals surface area contributed by atoms with E-state index in [1.54, 1.807) is 36.5 Å². The molecule has 11 heteroatoms. The Morgan fingerprint density at radius 1 is 1.00 bits per heavy atom. The standard InChI is InChI=1S/C37H42F2N6O3/c1-35(2,3)48-34(46)42-27-19-26(37(27)15-6-16-37)41-32-24-20-40-30(23-11-4-9-22-10-5-12-25(38)28(22)23)29(39)31(24)43-33(44-32)47-21-36-13-7-17-45(36)18-8-14-36/h4-5,9-12,20,26-27H,6-8,13-19,21H2,1-3H3,(H,42,46)(H,41,43,44). The summed E-state index contributed by atoms with van der Waals surface area (Å²) in [6.45, 7) is 8.10. The number of carbonyl (C=O) groups excluding carboxylic acids is 1. The lowest BCUT2D eigenvalue weighted by Crippen LogP contribution is -2.69. The molecule has 9 nitrogen and oxygen atoms in total. The number of hydrogen-bond donors (Lipinski definition) is 2. The summed E-state index contributed by atoms with van der Waals surface area (Å²) >= 11 is 0. The molecule has 1 amide bonds. The molecule has 1 spiro atoms. The van der Waals surface area contributed by atoms with Gasteiger partial charge in [0.25, 0.3) is 0 Å². The maximum atomic E-state index is 16.7. The zero-order valence-corrected chi connectivity index (χ0v) is 27.7. The minimum atomic E-state index is -0.656. The average Bonchev–Trinajstić information content (AvgIpc) is 3.59. The fourth-order valence-corrected chi connectivity index (χ4v) is 8.64. The van der Waals surface area contributed by atoms with Gasteiger partial charge < -0.3 is 20.1 Å². The summed E-state index contributed by atoms with van der Waals surface area (Å²) < 4.78 is 43.7. The Balaban J connectivity index is 1.15. The fraction of sp³-hybridized carbons (Fsp3) is 0.514. The first kappa shape index (κ1) is 31.2. The van der Waals surface area contributed by atoms with Crippen molar-refractivity contribution in [2.45, 2.75) is 95.4 Å². The van der Waals surface area contributed by atoms with Crippen LogP contribution in [0.15, 0.2) is 42.6 Å². The number of pyridine rings is 1. The highest BCUT2D eigenvalue weighted by Crippen LogP contribution is 2.57. The molecule has 2 saturated heterocycles. The van der Waals surface area contributed by atoms with E-state index >= 15 is 8.78 Å². The minimum Gasteiger partial charge on any atom is -0.461 e. The molecule has 48 heavy (non-hydrogen) atoms. The number of ether oxygens (including phenoxy) is 2. The number of rotatable bonds is 7. The van der Waals surface area contributed by atoms with E-state index in [1.165, 1.54) is 6.07 Å². The summed E-state index contributed by atoms with van der Waals surface area (Å²) in [5.41, 5.74) is -0.344. The number of nitrogens with zero attached hydrogens (tertiary/aromatic N) is 4. The molecular formula is C37H42F2N6O3. The van der Waals surface area contributed by atoms with Crippen LogP contribution in [0, 0.1) is 17.0 Å². The highest BCUT2D eigenvalue weighted by molar-refractivity contribution is 5.99. The summed E-state index contributed by atoms with van der Waals surface area (Å²) in [5, 5.41) is 8.08. The van der Waals surface area contributed by atoms with Gasteiger partial charge in [-0.05, 0) is 90.3 Å². The van der Waals surface area contributed by atoms with Crippen molar-refractivity contribution < 1.29 is 23.0 Å². The third-order valence-electron chi connectivity index (χ3n) is 11.2. The Labute approximate surface area is 278 Å². The number of fused-ring (bicyclic) bond motifs is 3. The molecule has 252 valence electrons. The van der Waals surface area contributed by atoms with Crippen LogP contribution in [-0.2, 0) is 4.74 Å². The lowest BCUT2D eigenvalue weighted by atomic mass is 9.50. The lowest BCUT2D eigenvalue weighted by Gasteiger charge is -2.61. The first-order valence-electron chi connectivity index (χ1n) is 17.2. The molecule has 2 aromatic carbocycles. The average molecular weight is 657 g/mol. The van der Waals surface area contributed by atoms with E-state index in [4.69, 9.17) is 14.5 Å². The first-order chi connectivity index (χ1) is 23.1. The van der Waals surface area contributed by atoms with Crippen molar-refractivity contribution in [1.82, 2.24) is 25.2 Å². The van der Waals surface area contributed by atoms with Crippen LogP contribution >= 0.6 is 0 Å². The van der Waals surface area contributed by atoms with E-state index in [0.29, 0.717) is 40.6 Å². The fourth-order valence-electron chi connectivity index (χ4n) is 8.64.